The maximum Gasteiger partial charge on any atom is 0.331 e. The number of methoxy groups -OCH3 is 1. The molecule has 0 spiro atoms. The summed E-state index contributed by atoms with van der Waals surface area (Å²) in [4.78, 5) is 11.2. The highest BCUT2D eigenvalue weighted by Gasteiger charge is 1.99. The smallest absolute Gasteiger partial charge is 0.331 e. The monoisotopic (exact) mass is 238 g/mol. The Balaban J connectivity index is 0.00000256. The summed E-state index contributed by atoms with van der Waals surface area (Å²) in [6.45, 7) is 3.64. The first-order valence-corrected chi connectivity index (χ1v) is 5.14. The molecule has 0 saturated carbocycles. The molecule has 0 aliphatic carbocycles. The molecule has 2 N–H and O–H groups in total. The van der Waals surface area contributed by atoms with E-state index in [4.69, 9.17) is 9.47 Å². The van der Waals surface area contributed by atoms with Crippen molar-refractivity contribution in [3.05, 3.63) is 35.9 Å². The van der Waals surface area contributed by atoms with Crippen LogP contribution in [0.25, 0.3) is 6.08 Å². The zero-order chi connectivity index (χ0) is 12.0. The molecule has 0 radical (unpaired) electrons. The lowest BCUT2D eigenvalue weighted by atomic mass is 10.2. The van der Waals surface area contributed by atoms with E-state index in [0.717, 1.165) is 11.3 Å². The van der Waals surface area contributed by atoms with Crippen LogP contribution < -0.4 is 4.74 Å². The first-order chi connectivity index (χ1) is 7.61. The number of rotatable bonds is 4. The summed E-state index contributed by atoms with van der Waals surface area (Å²) in [6.07, 6.45) is 3.04. The van der Waals surface area contributed by atoms with Crippen molar-refractivity contribution in [2.45, 2.75) is 20.0 Å². The summed E-state index contributed by atoms with van der Waals surface area (Å²) >= 11 is 0. The standard InChI is InChI=1S/C13H16O3.H2O/c1-10(2)16-13(14)9-6-11-4-7-12(15-3)8-5-11;/h4-10H,1-3H3;1H2. The van der Waals surface area contributed by atoms with Gasteiger partial charge in [-0.25, -0.2) is 4.79 Å². The predicted octanol–water partition coefficient (Wildman–Crippen LogP) is 1.84. The first kappa shape index (κ1) is 15.2. The molecule has 0 aliphatic rings. The van der Waals surface area contributed by atoms with E-state index < -0.39 is 0 Å². The molecule has 0 bridgehead atoms. The van der Waals surface area contributed by atoms with Gasteiger partial charge in [0.1, 0.15) is 5.75 Å². The van der Waals surface area contributed by atoms with Crippen LogP contribution in [0.4, 0.5) is 0 Å². The second kappa shape index (κ2) is 7.46. The summed E-state index contributed by atoms with van der Waals surface area (Å²) in [5.41, 5.74) is 0.932. The molecule has 1 aromatic rings. The van der Waals surface area contributed by atoms with Gasteiger partial charge in [0.2, 0.25) is 0 Å². The van der Waals surface area contributed by atoms with Crippen LogP contribution in [0.15, 0.2) is 30.3 Å². The Bertz CT molecular complexity index is 366. The minimum absolute atomic E-state index is 0. The lowest BCUT2D eigenvalue weighted by molar-refractivity contribution is -0.141. The quantitative estimate of drug-likeness (QED) is 0.593. The summed E-state index contributed by atoms with van der Waals surface area (Å²) in [5.74, 6) is 0.465. The lowest BCUT2D eigenvalue weighted by Gasteiger charge is -2.04. The van der Waals surface area contributed by atoms with Crippen LogP contribution in [0.3, 0.4) is 0 Å². The van der Waals surface area contributed by atoms with Gasteiger partial charge >= 0.3 is 5.97 Å². The summed E-state index contributed by atoms with van der Waals surface area (Å²) in [5, 5.41) is 0. The number of ether oxygens (including phenoxy) is 2. The number of hydrogen-bond acceptors (Lipinski definition) is 3. The number of esters is 1. The second-order valence-corrected chi connectivity index (χ2v) is 3.59. The maximum atomic E-state index is 11.2. The fourth-order valence-corrected chi connectivity index (χ4v) is 1.15. The van der Waals surface area contributed by atoms with Gasteiger partial charge in [0.15, 0.2) is 0 Å². The minimum Gasteiger partial charge on any atom is -0.497 e. The molecule has 4 heteroatoms. The molecule has 0 fully saturated rings. The van der Waals surface area contributed by atoms with E-state index in [9.17, 15) is 4.79 Å². The largest absolute Gasteiger partial charge is 0.497 e. The Morgan fingerprint density at radius 1 is 1.24 bits per heavy atom. The molecule has 0 aliphatic heterocycles. The maximum absolute atomic E-state index is 11.2. The van der Waals surface area contributed by atoms with Gasteiger partial charge in [-0.1, -0.05) is 12.1 Å². The van der Waals surface area contributed by atoms with Crippen LogP contribution in [0.2, 0.25) is 0 Å². The van der Waals surface area contributed by atoms with Crippen LogP contribution in [0.5, 0.6) is 5.75 Å². The van der Waals surface area contributed by atoms with Crippen LogP contribution in [-0.4, -0.2) is 24.7 Å². The van der Waals surface area contributed by atoms with Crippen LogP contribution in [0.1, 0.15) is 19.4 Å². The van der Waals surface area contributed by atoms with Crippen molar-refractivity contribution in [2.75, 3.05) is 7.11 Å². The molecule has 4 nitrogen and oxygen atoms in total. The topological polar surface area (TPSA) is 67.0 Å². The normalized spacial score (nSPS) is 10.1. The van der Waals surface area contributed by atoms with Crippen molar-refractivity contribution in [3.8, 4) is 5.75 Å². The molecule has 94 valence electrons. The summed E-state index contributed by atoms with van der Waals surface area (Å²) in [7, 11) is 1.62. The highest BCUT2D eigenvalue weighted by molar-refractivity contribution is 5.87. The van der Waals surface area contributed by atoms with Crippen LogP contribution in [0, 0.1) is 0 Å². The Morgan fingerprint density at radius 2 is 1.82 bits per heavy atom. The highest BCUT2D eigenvalue weighted by Crippen LogP contribution is 2.12. The van der Waals surface area contributed by atoms with Gasteiger partial charge in [-0.05, 0) is 37.6 Å². The number of carbonyl (C=O) groups excluding carboxylic acids is 1. The Hall–Kier alpha value is -1.81. The second-order valence-electron chi connectivity index (χ2n) is 3.59. The average molecular weight is 238 g/mol. The van der Waals surface area contributed by atoms with Crippen molar-refractivity contribution in [1.82, 2.24) is 0 Å². The average Bonchev–Trinajstić information content (AvgIpc) is 2.26. The molecule has 0 amide bonds. The molecule has 0 unspecified atom stereocenters. The Morgan fingerprint density at radius 3 is 2.29 bits per heavy atom. The third-order valence-corrected chi connectivity index (χ3v) is 1.88. The molecule has 0 aromatic heterocycles. The van der Waals surface area contributed by atoms with E-state index in [1.54, 1.807) is 13.2 Å². The van der Waals surface area contributed by atoms with Crippen molar-refractivity contribution < 1.29 is 19.7 Å². The van der Waals surface area contributed by atoms with E-state index in [0.29, 0.717) is 0 Å². The fraction of sp³-hybridized carbons (Fsp3) is 0.308. The lowest BCUT2D eigenvalue weighted by Crippen LogP contribution is -2.08. The van der Waals surface area contributed by atoms with Gasteiger partial charge in [-0.3, -0.25) is 0 Å². The fourth-order valence-electron chi connectivity index (χ4n) is 1.15. The number of carbonyl (C=O) groups is 1. The minimum atomic E-state index is -0.328. The molecule has 0 heterocycles. The first-order valence-electron chi connectivity index (χ1n) is 5.14. The Kier molecular flexibility index (Phi) is 6.67. The summed E-state index contributed by atoms with van der Waals surface area (Å²) in [6, 6.07) is 7.43. The van der Waals surface area contributed by atoms with Crippen LogP contribution in [-0.2, 0) is 9.53 Å². The molecular formula is C13H18O4. The van der Waals surface area contributed by atoms with Gasteiger partial charge in [0, 0.05) is 6.08 Å². The summed E-state index contributed by atoms with van der Waals surface area (Å²) < 4.78 is 10.00. The van der Waals surface area contributed by atoms with E-state index in [2.05, 4.69) is 0 Å². The van der Waals surface area contributed by atoms with E-state index in [1.807, 2.05) is 38.1 Å². The van der Waals surface area contributed by atoms with Crippen LogP contribution >= 0.6 is 0 Å². The number of hydrogen-bond donors (Lipinski definition) is 0. The molecular weight excluding hydrogens is 220 g/mol. The molecule has 17 heavy (non-hydrogen) atoms. The van der Waals surface area contributed by atoms with E-state index >= 15 is 0 Å². The van der Waals surface area contributed by atoms with E-state index in [1.165, 1.54) is 6.08 Å². The van der Waals surface area contributed by atoms with Crippen molar-refractivity contribution in [1.29, 1.82) is 0 Å². The zero-order valence-corrected chi connectivity index (χ0v) is 10.3. The predicted molar refractivity (Wildman–Crippen MR) is 66.9 cm³/mol. The SMILES string of the molecule is COc1ccc(C=CC(=O)OC(C)C)cc1.O. The van der Waals surface area contributed by atoms with Gasteiger partial charge in [-0.15, -0.1) is 0 Å². The molecule has 1 aromatic carbocycles. The third kappa shape index (κ3) is 5.73. The van der Waals surface area contributed by atoms with Crippen molar-refractivity contribution in [2.24, 2.45) is 0 Å². The van der Waals surface area contributed by atoms with Gasteiger partial charge < -0.3 is 14.9 Å². The number of benzene rings is 1. The zero-order valence-electron chi connectivity index (χ0n) is 10.3. The van der Waals surface area contributed by atoms with Crippen molar-refractivity contribution >= 4 is 12.0 Å². The van der Waals surface area contributed by atoms with Crippen molar-refractivity contribution in [3.63, 3.8) is 0 Å². The molecule has 1 rings (SSSR count). The highest BCUT2D eigenvalue weighted by atomic mass is 16.5. The van der Waals surface area contributed by atoms with E-state index in [-0.39, 0.29) is 17.5 Å². The van der Waals surface area contributed by atoms with Gasteiger partial charge in [-0.2, -0.15) is 0 Å². The molecule has 0 atom stereocenters. The van der Waals surface area contributed by atoms with Gasteiger partial charge in [0.25, 0.3) is 0 Å². The van der Waals surface area contributed by atoms with Gasteiger partial charge in [0.05, 0.1) is 13.2 Å². The molecule has 0 saturated heterocycles. The third-order valence-electron chi connectivity index (χ3n) is 1.88. The Labute approximate surface area is 101 Å².